The summed E-state index contributed by atoms with van der Waals surface area (Å²) in [6, 6.07) is 16.2. The van der Waals surface area contributed by atoms with Crippen molar-refractivity contribution in [1.82, 2.24) is 19.8 Å². The number of ether oxygens (including phenoxy) is 1. The van der Waals surface area contributed by atoms with E-state index in [0.717, 1.165) is 17.1 Å². The number of hydrogen-bond donors (Lipinski definition) is 1. The Morgan fingerprint density at radius 3 is 2.68 bits per heavy atom. The average molecular weight is 396 g/mol. The molecule has 0 aliphatic carbocycles. The highest BCUT2D eigenvalue weighted by molar-refractivity contribution is 7.80. The Morgan fingerprint density at radius 1 is 1.14 bits per heavy atom. The van der Waals surface area contributed by atoms with Crippen LogP contribution in [0.3, 0.4) is 0 Å². The lowest BCUT2D eigenvalue weighted by atomic mass is 10.0. The first-order chi connectivity index (χ1) is 13.7. The van der Waals surface area contributed by atoms with Crippen LogP contribution in [0.25, 0.3) is 5.69 Å². The molecule has 0 spiro atoms. The van der Waals surface area contributed by atoms with Gasteiger partial charge in [0.1, 0.15) is 5.82 Å². The molecule has 144 valence electrons. The van der Waals surface area contributed by atoms with E-state index >= 15 is 0 Å². The summed E-state index contributed by atoms with van der Waals surface area (Å²) < 4.78 is 20.8. The number of nitrogens with one attached hydrogen (secondary N) is 1. The summed E-state index contributed by atoms with van der Waals surface area (Å²) >= 11 is 5.63. The maximum atomic E-state index is 13.4. The number of hydrogen-bond acceptors (Lipinski definition) is 3. The standard InChI is InChI=1S/C21H21FN4OS/c1-27-14-13-26-20(19(24-21(26)28)17-5-2-3-11-23-17)18-6-4-12-25(18)16-9-7-15(22)8-10-16/h2-12,19-20H,13-14H2,1H3,(H,24,28)/t19-,20+/m0/s1. The smallest absolute Gasteiger partial charge is 0.170 e. The van der Waals surface area contributed by atoms with Gasteiger partial charge in [0.25, 0.3) is 0 Å². The van der Waals surface area contributed by atoms with E-state index in [-0.39, 0.29) is 17.9 Å². The van der Waals surface area contributed by atoms with Gasteiger partial charge in [0.15, 0.2) is 5.11 Å². The maximum absolute atomic E-state index is 13.4. The summed E-state index contributed by atoms with van der Waals surface area (Å²) in [6.45, 7) is 1.22. The predicted molar refractivity (Wildman–Crippen MR) is 110 cm³/mol. The summed E-state index contributed by atoms with van der Waals surface area (Å²) in [5.74, 6) is -0.255. The second-order valence-electron chi connectivity index (χ2n) is 6.59. The van der Waals surface area contributed by atoms with Crippen LogP contribution in [-0.2, 0) is 4.74 Å². The zero-order chi connectivity index (χ0) is 19.5. The number of aromatic nitrogens is 2. The zero-order valence-electron chi connectivity index (χ0n) is 15.5. The SMILES string of the molecule is COCCN1C(=S)N[C@@H](c2ccccn2)[C@H]1c1cccn1-c1ccc(F)cc1. The van der Waals surface area contributed by atoms with Crippen molar-refractivity contribution in [3.63, 3.8) is 0 Å². The van der Waals surface area contributed by atoms with Gasteiger partial charge in [0.2, 0.25) is 0 Å². The summed E-state index contributed by atoms with van der Waals surface area (Å²) in [5, 5.41) is 4.09. The molecule has 3 heterocycles. The highest BCUT2D eigenvalue weighted by Crippen LogP contribution is 2.39. The van der Waals surface area contributed by atoms with Crippen LogP contribution in [0.2, 0.25) is 0 Å². The first kappa shape index (κ1) is 18.6. The second kappa shape index (κ2) is 8.08. The van der Waals surface area contributed by atoms with Crippen LogP contribution in [-0.4, -0.2) is 39.8 Å². The molecule has 28 heavy (non-hydrogen) atoms. The molecule has 3 aromatic rings. The molecule has 2 aromatic heterocycles. The number of halogens is 1. The molecule has 0 bridgehead atoms. The van der Waals surface area contributed by atoms with Gasteiger partial charge in [-0.25, -0.2) is 4.39 Å². The fourth-order valence-electron chi connectivity index (χ4n) is 3.63. The van der Waals surface area contributed by atoms with Crippen LogP contribution in [0.15, 0.2) is 67.0 Å². The molecular formula is C21H21FN4OS. The minimum Gasteiger partial charge on any atom is -0.383 e. The maximum Gasteiger partial charge on any atom is 0.170 e. The number of nitrogens with zero attached hydrogens (tertiary/aromatic N) is 3. The molecule has 1 fully saturated rings. The van der Waals surface area contributed by atoms with Crippen molar-refractivity contribution in [2.45, 2.75) is 12.1 Å². The molecule has 2 atom stereocenters. The third-order valence-corrected chi connectivity index (χ3v) is 5.27. The Kier molecular flexibility index (Phi) is 5.36. The third-order valence-electron chi connectivity index (χ3n) is 4.92. The largest absolute Gasteiger partial charge is 0.383 e. The number of thiocarbonyl (C=S) groups is 1. The normalized spacial score (nSPS) is 19.1. The fraction of sp³-hybridized carbons (Fsp3) is 0.238. The van der Waals surface area contributed by atoms with E-state index in [1.807, 2.05) is 30.5 Å². The summed E-state index contributed by atoms with van der Waals surface area (Å²) in [7, 11) is 1.68. The summed E-state index contributed by atoms with van der Waals surface area (Å²) in [6.07, 6.45) is 3.77. The molecule has 1 aliphatic heterocycles. The van der Waals surface area contributed by atoms with Gasteiger partial charge >= 0.3 is 0 Å². The summed E-state index contributed by atoms with van der Waals surface area (Å²) in [5.41, 5.74) is 2.86. The molecule has 1 N–H and O–H groups in total. The molecule has 1 saturated heterocycles. The minimum atomic E-state index is -0.255. The molecule has 0 saturated carbocycles. The van der Waals surface area contributed by atoms with Gasteiger partial charge in [-0.2, -0.15) is 0 Å². The minimum absolute atomic E-state index is 0.0717. The molecule has 1 aromatic carbocycles. The van der Waals surface area contributed by atoms with Crippen molar-refractivity contribution in [1.29, 1.82) is 0 Å². The van der Waals surface area contributed by atoms with E-state index in [0.29, 0.717) is 18.3 Å². The lowest BCUT2D eigenvalue weighted by molar-refractivity contribution is 0.163. The Bertz CT molecular complexity index is 945. The number of methoxy groups -OCH3 is 1. The van der Waals surface area contributed by atoms with Crippen molar-refractivity contribution in [3.8, 4) is 5.69 Å². The van der Waals surface area contributed by atoms with E-state index in [9.17, 15) is 4.39 Å². The van der Waals surface area contributed by atoms with E-state index in [1.165, 1.54) is 12.1 Å². The van der Waals surface area contributed by atoms with E-state index in [4.69, 9.17) is 17.0 Å². The van der Waals surface area contributed by atoms with Crippen molar-refractivity contribution in [3.05, 3.63) is 84.2 Å². The number of pyridine rings is 1. The second-order valence-corrected chi connectivity index (χ2v) is 6.98. The first-order valence-corrected chi connectivity index (χ1v) is 9.50. The van der Waals surface area contributed by atoms with Gasteiger partial charge in [0, 0.05) is 37.4 Å². The van der Waals surface area contributed by atoms with E-state index < -0.39 is 0 Å². The van der Waals surface area contributed by atoms with E-state index in [1.54, 1.807) is 25.4 Å². The fourth-order valence-corrected chi connectivity index (χ4v) is 3.96. The van der Waals surface area contributed by atoms with E-state index in [2.05, 4.69) is 25.8 Å². The van der Waals surface area contributed by atoms with Crippen molar-refractivity contribution in [2.75, 3.05) is 20.3 Å². The molecule has 0 amide bonds. The summed E-state index contributed by atoms with van der Waals surface area (Å²) in [4.78, 5) is 6.68. The van der Waals surface area contributed by atoms with Gasteiger partial charge in [-0.05, 0) is 60.7 Å². The topological polar surface area (TPSA) is 42.3 Å². The molecule has 0 radical (unpaired) electrons. The van der Waals surface area contributed by atoms with Gasteiger partial charge < -0.3 is 19.5 Å². The van der Waals surface area contributed by atoms with Crippen LogP contribution in [0.5, 0.6) is 0 Å². The van der Waals surface area contributed by atoms with Crippen molar-refractivity contribution >= 4 is 17.3 Å². The highest BCUT2D eigenvalue weighted by Gasteiger charge is 2.40. The third kappa shape index (κ3) is 3.50. The number of rotatable bonds is 6. The van der Waals surface area contributed by atoms with Crippen LogP contribution in [0, 0.1) is 5.82 Å². The Labute approximate surface area is 168 Å². The van der Waals surface area contributed by atoms with Gasteiger partial charge in [-0.15, -0.1) is 0 Å². The Balaban J connectivity index is 1.78. The highest BCUT2D eigenvalue weighted by atomic mass is 32.1. The first-order valence-electron chi connectivity index (χ1n) is 9.09. The zero-order valence-corrected chi connectivity index (χ0v) is 16.3. The van der Waals surface area contributed by atoms with Crippen LogP contribution < -0.4 is 5.32 Å². The van der Waals surface area contributed by atoms with Crippen LogP contribution >= 0.6 is 12.2 Å². The molecule has 5 nitrogen and oxygen atoms in total. The monoisotopic (exact) mass is 396 g/mol. The van der Waals surface area contributed by atoms with Gasteiger partial charge in [0.05, 0.1) is 24.4 Å². The molecule has 7 heteroatoms. The van der Waals surface area contributed by atoms with Gasteiger partial charge in [-0.1, -0.05) is 6.07 Å². The van der Waals surface area contributed by atoms with Crippen LogP contribution in [0.1, 0.15) is 23.5 Å². The number of benzene rings is 1. The lowest BCUT2D eigenvalue weighted by Crippen LogP contribution is -2.33. The van der Waals surface area contributed by atoms with Gasteiger partial charge in [-0.3, -0.25) is 4.98 Å². The van der Waals surface area contributed by atoms with Crippen molar-refractivity contribution in [2.24, 2.45) is 0 Å². The molecule has 4 rings (SSSR count). The Hall–Kier alpha value is -2.77. The lowest BCUT2D eigenvalue weighted by Gasteiger charge is -2.28. The molecule has 1 aliphatic rings. The Morgan fingerprint density at radius 2 is 1.96 bits per heavy atom. The quantitative estimate of drug-likeness (QED) is 0.645. The average Bonchev–Trinajstić information content (AvgIpc) is 3.32. The molecule has 0 unspecified atom stereocenters. The van der Waals surface area contributed by atoms with Crippen molar-refractivity contribution < 1.29 is 9.13 Å². The predicted octanol–water partition coefficient (Wildman–Crippen LogP) is 3.63. The van der Waals surface area contributed by atoms with Crippen LogP contribution in [0.4, 0.5) is 4.39 Å². The molecular weight excluding hydrogens is 375 g/mol.